The number of nitrogens with zero attached hydrogens (tertiary/aromatic N) is 1. The zero-order valence-corrected chi connectivity index (χ0v) is 21.8. The number of quaternary nitrogens is 1. The quantitative estimate of drug-likeness (QED) is 0.131. The minimum absolute atomic E-state index is 0. The predicted octanol–water partition coefficient (Wildman–Crippen LogP) is 6.30. The topological polar surface area (TPSA) is 0 Å². The molecule has 0 aliphatic heterocycles. The summed E-state index contributed by atoms with van der Waals surface area (Å²) in [5.74, 6) is 0. The maximum absolute atomic E-state index is 2.57. The summed E-state index contributed by atoms with van der Waals surface area (Å²) >= 11 is 0. The van der Waals surface area contributed by atoms with E-state index in [4.69, 9.17) is 0 Å². The normalized spacial score (nSPS) is 11.6. The molecule has 0 bridgehead atoms. The second kappa shape index (κ2) is 24.5. The molecule has 0 fully saturated rings. The van der Waals surface area contributed by atoms with E-state index in [-0.39, 0.29) is 12.4 Å². The summed E-state index contributed by atoms with van der Waals surface area (Å²) in [7, 11) is 2.57. The molecule has 0 rings (SSSR count). The van der Waals surface area contributed by atoms with Crippen molar-refractivity contribution < 1.29 is 16.9 Å². The molecule has 1 nitrogen and oxygen atoms in total. The van der Waals surface area contributed by atoms with Crippen LogP contribution < -0.4 is 12.4 Å². The second-order valence-electron chi connectivity index (χ2n) is 9.80. The fourth-order valence-corrected chi connectivity index (χ4v) is 4.51. The molecule has 0 heterocycles. The smallest absolute Gasteiger partial charge is 0.0784 e. The van der Waals surface area contributed by atoms with Gasteiger partial charge in [-0.2, -0.15) is 0 Å². The van der Waals surface area contributed by atoms with Crippen LogP contribution in [-0.4, -0.2) is 31.2 Å². The van der Waals surface area contributed by atoms with E-state index >= 15 is 0 Å². The van der Waals surface area contributed by atoms with E-state index < -0.39 is 0 Å². The van der Waals surface area contributed by atoms with Crippen molar-refractivity contribution in [2.24, 2.45) is 0 Å². The minimum Gasteiger partial charge on any atom is -1.00 e. The van der Waals surface area contributed by atoms with E-state index in [0.717, 1.165) is 0 Å². The molecule has 0 saturated heterocycles. The fraction of sp³-hybridized carbons (Fsp3) is 1.00. The summed E-state index contributed by atoms with van der Waals surface area (Å²) in [4.78, 5) is 0. The lowest BCUT2D eigenvalue weighted by atomic mass is 10.1. The zero-order valence-electron chi connectivity index (χ0n) is 21.1. The first kappa shape index (κ1) is 31.4. The molecule has 0 radical (unpaired) electrons. The first-order valence-electron chi connectivity index (χ1n) is 13.5. The van der Waals surface area contributed by atoms with Gasteiger partial charge in [0.2, 0.25) is 0 Å². The van der Waals surface area contributed by atoms with Crippen molar-refractivity contribution in [3.63, 3.8) is 0 Å². The van der Waals surface area contributed by atoms with Gasteiger partial charge in [-0.25, -0.2) is 0 Å². The minimum atomic E-state index is 0. The molecular weight excluding hydrogens is 374 g/mol. The average Bonchev–Trinajstić information content (AvgIpc) is 2.69. The van der Waals surface area contributed by atoms with Crippen molar-refractivity contribution in [3.05, 3.63) is 0 Å². The lowest BCUT2D eigenvalue weighted by Crippen LogP contribution is -3.00. The Kier molecular flexibility index (Phi) is 26.6. The molecule has 29 heavy (non-hydrogen) atoms. The first-order chi connectivity index (χ1) is 13.7. The molecule has 0 atom stereocenters. The third-order valence-corrected chi connectivity index (χ3v) is 6.65. The van der Waals surface area contributed by atoms with Crippen molar-refractivity contribution in [2.75, 3.05) is 26.7 Å². The number of hydrogen-bond donors (Lipinski definition) is 0. The van der Waals surface area contributed by atoms with Crippen LogP contribution in [0.15, 0.2) is 0 Å². The Bertz CT molecular complexity index is 276. The predicted molar refractivity (Wildman–Crippen MR) is 130 cm³/mol. The van der Waals surface area contributed by atoms with Crippen LogP contribution in [0.2, 0.25) is 0 Å². The summed E-state index contributed by atoms with van der Waals surface area (Å²) in [6, 6.07) is 0. The Morgan fingerprint density at radius 1 is 0.345 bits per heavy atom. The highest BCUT2D eigenvalue weighted by Crippen LogP contribution is 2.16. The Morgan fingerprint density at radius 3 is 0.793 bits per heavy atom. The maximum Gasteiger partial charge on any atom is 0.0784 e. The first-order valence-corrected chi connectivity index (χ1v) is 13.5. The molecule has 0 N–H and O–H groups in total. The van der Waals surface area contributed by atoms with E-state index in [1.165, 1.54) is 153 Å². The lowest BCUT2D eigenvalue weighted by Gasteiger charge is -2.35. The van der Waals surface area contributed by atoms with Gasteiger partial charge in [0.1, 0.15) is 0 Å². The van der Waals surface area contributed by atoms with Crippen LogP contribution in [0.4, 0.5) is 0 Å². The SMILES string of the molecule is CCCCCCCCCC[N+](C)(CCCCCCCC)CCCCCCCC.[Cl-]. The van der Waals surface area contributed by atoms with Gasteiger partial charge in [0, 0.05) is 0 Å². The summed E-state index contributed by atoms with van der Waals surface area (Å²) in [5, 5.41) is 0. The Morgan fingerprint density at radius 2 is 0.552 bits per heavy atom. The maximum atomic E-state index is 2.57. The van der Waals surface area contributed by atoms with E-state index in [1.54, 1.807) is 0 Å². The highest BCUT2D eigenvalue weighted by molar-refractivity contribution is 4.51. The summed E-state index contributed by atoms with van der Waals surface area (Å²) in [5.41, 5.74) is 0. The molecule has 0 aliphatic carbocycles. The highest BCUT2D eigenvalue weighted by atomic mass is 35.5. The van der Waals surface area contributed by atoms with Gasteiger partial charge in [-0.05, 0) is 38.5 Å². The fourth-order valence-electron chi connectivity index (χ4n) is 4.51. The standard InChI is InChI=1S/C27H58N.ClH/c1-5-8-11-14-17-18-21-24-27-28(4,25-22-19-15-12-9-6-2)26-23-20-16-13-10-7-3;/h5-27H2,1-4H3;1H/q+1;/p-1. The lowest BCUT2D eigenvalue weighted by molar-refractivity contribution is -0.910. The van der Waals surface area contributed by atoms with E-state index in [9.17, 15) is 0 Å². The van der Waals surface area contributed by atoms with Gasteiger partial charge in [-0.15, -0.1) is 0 Å². The van der Waals surface area contributed by atoms with Crippen molar-refractivity contribution in [1.29, 1.82) is 0 Å². The Labute approximate surface area is 192 Å². The Balaban J connectivity index is 0. The molecule has 0 aromatic carbocycles. The Hall–Kier alpha value is 0.250. The molecule has 0 saturated carbocycles. The van der Waals surface area contributed by atoms with Gasteiger partial charge in [0.05, 0.1) is 26.7 Å². The molecule has 0 spiro atoms. The number of halogens is 1. The van der Waals surface area contributed by atoms with Crippen molar-refractivity contribution in [2.45, 2.75) is 149 Å². The van der Waals surface area contributed by atoms with Crippen molar-refractivity contribution >= 4 is 0 Å². The van der Waals surface area contributed by atoms with E-state index in [0.29, 0.717) is 0 Å². The van der Waals surface area contributed by atoms with Crippen LogP contribution in [0.25, 0.3) is 0 Å². The van der Waals surface area contributed by atoms with Gasteiger partial charge >= 0.3 is 0 Å². The van der Waals surface area contributed by atoms with Gasteiger partial charge in [0.15, 0.2) is 0 Å². The van der Waals surface area contributed by atoms with Crippen LogP contribution in [-0.2, 0) is 0 Å². The molecular formula is C27H58ClN. The average molecular weight is 432 g/mol. The molecule has 178 valence electrons. The van der Waals surface area contributed by atoms with Gasteiger partial charge in [0.25, 0.3) is 0 Å². The number of hydrogen-bond acceptors (Lipinski definition) is 0. The van der Waals surface area contributed by atoms with E-state index in [2.05, 4.69) is 27.8 Å². The molecule has 0 aromatic rings. The van der Waals surface area contributed by atoms with Crippen LogP contribution >= 0.6 is 0 Å². The molecule has 0 unspecified atom stereocenters. The van der Waals surface area contributed by atoms with Crippen molar-refractivity contribution in [3.8, 4) is 0 Å². The monoisotopic (exact) mass is 431 g/mol. The largest absolute Gasteiger partial charge is 1.00 e. The highest BCUT2D eigenvalue weighted by Gasteiger charge is 2.20. The van der Waals surface area contributed by atoms with Gasteiger partial charge in [-0.1, -0.05) is 111 Å². The second-order valence-corrected chi connectivity index (χ2v) is 9.80. The zero-order chi connectivity index (χ0) is 20.8. The summed E-state index contributed by atoms with van der Waals surface area (Å²) in [6.45, 7) is 11.2. The van der Waals surface area contributed by atoms with Crippen LogP contribution in [0, 0.1) is 0 Å². The summed E-state index contributed by atoms with van der Waals surface area (Å²) in [6.07, 6.45) is 28.8. The van der Waals surface area contributed by atoms with Crippen LogP contribution in [0.1, 0.15) is 149 Å². The molecule has 0 aliphatic rings. The summed E-state index contributed by atoms with van der Waals surface area (Å²) < 4.78 is 1.36. The number of unbranched alkanes of at least 4 members (excludes halogenated alkanes) is 17. The third-order valence-electron chi connectivity index (χ3n) is 6.65. The number of rotatable bonds is 23. The molecule has 0 aromatic heterocycles. The molecule has 2 heteroatoms. The van der Waals surface area contributed by atoms with Crippen LogP contribution in [0.5, 0.6) is 0 Å². The van der Waals surface area contributed by atoms with Crippen molar-refractivity contribution in [1.82, 2.24) is 0 Å². The van der Waals surface area contributed by atoms with E-state index in [1.807, 2.05) is 0 Å². The van der Waals surface area contributed by atoms with Gasteiger partial charge < -0.3 is 16.9 Å². The molecule has 0 amide bonds. The van der Waals surface area contributed by atoms with Gasteiger partial charge in [-0.3, -0.25) is 0 Å². The third kappa shape index (κ3) is 22.8. The van der Waals surface area contributed by atoms with Crippen LogP contribution in [0.3, 0.4) is 0 Å².